The van der Waals surface area contributed by atoms with E-state index in [4.69, 9.17) is 4.52 Å². The summed E-state index contributed by atoms with van der Waals surface area (Å²) in [6.07, 6.45) is 1.25. The fraction of sp³-hybridized carbons (Fsp3) is 0.417. The third kappa shape index (κ3) is 3.65. The van der Waals surface area contributed by atoms with Gasteiger partial charge in [0.2, 0.25) is 11.6 Å². The highest BCUT2D eigenvalue weighted by Crippen LogP contribution is 2.32. The van der Waals surface area contributed by atoms with E-state index in [0.717, 1.165) is 0 Å². The first-order valence-corrected chi connectivity index (χ1v) is 6.24. The van der Waals surface area contributed by atoms with E-state index in [1.54, 1.807) is 13.0 Å². The van der Waals surface area contributed by atoms with Crippen molar-refractivity contribution < 1.29 is 9.45 Å². The highest BCUT2D eigenvalue weighted by molar-refractivity contribution is 5.73. The molecule has 2 rings (SSSR count). The lowest BCUT2D eigenvalue weighted by Gasteiger charge is -2.21. The number of anilines is 3. The Balaban J connectivity index is 2.41. The molecule has 0 radical (unpaired) electrons. The van der Waals surface area contributed by atoms with Gasteiger partial charge in [0, 0.05) is 11.6 Å². The third-order valence-corrected chi connectivity index (χ3v) is 2.37. The van der Waals surface area contributed by atoms with Gasteiger partial charge in [0.15, 0.2) is 5.82 Å². The normalized spacial score (nSPS) is 11.2. The van der Waals surface area contributed by atoms with Gasteiger partial charge in [-0.15, -0.1) is 0 Å². The summed E-state index contributed by atoms with van der Waals surface area (Å²) in [7, 11) is 0. The summed E-state index contributed by atoms with van der Waals surface area (Å²) in [5.74, 6) is 1.12. The second-order valence-electron chi connectivity index (χ2n) is 5.50. The highest BCUT2D eigenvalue weighted by Gasteiger charge is 2.26. The Morgan fingerprint density at radius 1 is 1.29 bits per heavy atom. The molecule has 2 heterocycles. The lowest BCUT2D eigenvalue weighted by Crippen LogP contribution is -2.27. The lowest BCUT2D eigenvalue weighted by molar-refractivity contribution is -0.383. The Labute approximate surface area is 120 Å². The quantitative estimate of drug-likeness (QED) is 0.652. The van der Waals surface area contributed by atoms with Crippen LogP contribution in [-0.2, 0) is 0 Å². The fourth-order valence-electron chi connectivity index (χ4n) is 1.64. The van der Waals surface area contributed by atoms with Gasteiger partial charge < -0.3 is 15.2 Å². The zero-order chi connectivity index (χ0) is 15.6. The Kier molecular flexibility index (Phi) is 3.74. The number of hydrogen-bond acceptors (Lipinski definition) is 8. The summed E-state index contributed by atoms with van der Waals surface area (Å²) in [5, 5.41) is 20.8. The molecule has 0 saturated heterocycles. The van der Waals surface area contributed by atoms with Gasteiger partial charge in [-0.3, -0.25) is 10.1 Å². The molecule has 0 unspecified atom stereocenters. The van der Waals surface area contributed by atoms with Gasteiger partial charge in [-0.05, 0) is 27.7 Å². The van der Waals surface area contributed by atoms with Crippen LogP contribution in [-0.4, -0.2) is 25.6 Å². The molecule has 0 saturated carbocycles. The van der Waals surface area contributed by atoms with Crippen LogP contribution in [0.2, 0.25) is 0 Å². The van der Waals surface area contributed by atoms with E-state index in [2.05, 4.69) is 25.8 Å². The van der Waals surface area contributed by atoms with Crippen LogP contribution in [0.1, 0.15) is 26.5 Å². The maximum Gasteiger partial charge on any atom is 0.353 e. The van der Waals surface area contributed by atoms with Crippen LogP contribution in [0.4, 0.5) is 23.1 Å². The molecule has 0 bridgehead atoms. The van der Waals surface area contributed by atoms with E-state index in [0.29, 0.717) is 11.6 Å². The van der Waals surface area contributed by atoms with Crippen LogP contribution >= 0.6 is 0 Å². The molecule has 0 aliphatic carbocycles. The molecule has 21 heavy (non-hydrogen) atoms. The molecule has 112 valence electrons. The summed E-state index contributed by atoms with van der Waals surface area (Å²) >= 11 is 0. The maximum atomic E-state index is 11.3. The van der Waals surface area contributed by atoms with Crippen molar-refractivity contribution in [1.29, 1.82) is 0 Å². The molecule has 9 heteroatoms. The molecule has 2 aromatic heterocycles. The molecule has 0 fully saturated rings. The number of hydrogen-bond donors (Lipinski definition) is 2. The van der Waals surface area contributed by atoms with Gasteiger partial charge in [0.25, 0.3) is 0 Å². The molecule has 2 aromatic rings. The second-order valence-corrected chi connectivity index (χ2v) is 5.50. The van der Waals surface area contributed by atoms with Crippen molar-refractivity contribution in [2.24, 2.45) is 0 Å². The zero-order valence-electron chi connectivity index (χ0n) is 12.2. The Bertz CT molecular complexity index is 661. The average molecular weight is 292 g/mol. The van der Waals surface area contributed by atoms with Crippen LogP contribution in [0.15, 0.2) is 16.9 Å². The predicted molar refractivity (Wildman–Crippen MR) is 76.6 cm³/mol. The molecule has 0 aliphatic rings. The minimum absolute atomic E-state index is 0.0510. The van der Waals surface area contributed by atoms with E-state index >= 15 is 0 Å². The van der Waals surface area contributed by atoms with Crippen molar-refractivity contribution in [2.45, 2.75) is 33.2 Å². The standard InChI is InChI=1S/C12H16N6O3/c1-7-5-8(17-21-7)15-10-9(18(19)20)11(14-6-13-10)16-12(2,3)4/h5-6H,1-4H3,(H2,13,14,15,16,17). The van der Waals surface area contributed by atoms with Crippen molar-refractivity contribution in [1.82, 2.24) is 15.1 Å². The van der Waals surface area contributed by atoms with Gasteiger partial charge in [-0.1, -0.05) is 5.16 Å². The molecule has 0 aliphatic heterocycles. The molecule has 0 aromatic carbocycles. The first-order chi connectivity index (χ1) is 9.76. The van der Waals surface area contributed by atoms with Gasteiger partial charge in [-0.2, -0.15) is 0 Å². The smallest absolute Gasteiger partial charge is 0.353 e. The van der Waals surface area contributed by atoms with Crippen molar-refractivity contribution >= 4 is 23.1 Å². The second kappa shape index (κ2) is 5.35. The number of rotatable bonds is 4. The molecule has 0 amide bonds. The van der Waals surface area contributed by atoms with Gasteiger partial charge >= 0.3 is 5.69 Å². The number of aromatic nitrogens is 3. The summed E-state index contributed by atoms with van der Waals surface area (Å²) in [6, 6.07) is 1.61. The van der Waals surface area contributed by atoms with Gasteiger partial charge in [0.1, 0.15) is 12.1 Å². The minimum atomic E-state index is -0.538. The molecule has 9 nitrogen and oxygen atoms in total. The average Bonchev–Trinajstić information content (AvgIpc) is 2.72. The fourth-order valence-corrected chi connectivity index (χ4v) is 1.64. The number of nitro groups is 1. The Morgan fingerprint density at radius 3 is 2.48 bits per heavy atom. The summed E-state index contributed by atoms with van der Waals surface area (Å²) in [5.41, 5.74) is -0.617. The maximum absolute atomic E-state index is 11.3. The Hall–Kier alpha value is -2.71. The van der Waals surface area contributed by atoms with Crippen LogP contribution in [0, 0.1) is 17.0 Å². The number of aryl methyl sites for hydroxylation is 1. The van der Waals surface area contributed by atoms with E-state index in [1.807, 2.05) is 20.8 Å². The third-order valence-electron chi connectivity index (χ3n) is 2.37. The highest BCUT2D eigenvalue weighted by atomic mass is 16.6. The molecule has 2 N–H and O–H groups in total. The SMILES string of the molecule is Cc1cc(Nc2ncnc(NC(C)(C)C)c2[N+](=O)[O-])no1. The van der Waals surface area contributed by atoms with E-state index in [-0.39, 0.29) is 22.9 Å². The molecular weight excluding hydrogens is 276 g/mol. The molecular formula is C12H16N6O3. The van der Waals surface area contributed by atoms with E-state index in [9.17, 15) is 10.1 Å². The van der Waals surface area contributed by atoms with Crippen LogP contribution in [0.3, 0.4) is 0 Å². The predicted octanol–water partition coefficient (Wildman–Crippen LogP) is 2.64. The van der Waals surface area contributed by atoms with Crippen LogP contribution in [0.5, 0.6) is 0 Å². The van der Waals surface area contributed by atoms with Crippen LogP contribution < -0.4 is 10.6 Å². The van der Waals surface area contributed by atoms with Gasteiger partial charge in [0.05, 0.1) is 4.92 Å². The van der Waals surface area contributed by atoms with E-state index < -0.39 is 4.92 Å². The monoisotopic (exact) mass is 292 g/mol. The first kappa shape index (κ1) is 14.7. The minimum Gasteiger partial charge on any atom is -0.360 e. The Morgan fingerprint density at radius 2 is 1.95 bits per heavy atom. The lowest BCUT2D eigenvalue weighted by atomic mass is 10.1. The molecule has 0 atom stereocenters. The topological polar surface area (TPSA) is 119 Å². The van der Waals surface area contributed by atoms with Crippen molar-refractivity contribution in [3.63, 3.8) is 0 Å². The van der Waals surface area contributed by atoms with Gasteiger partial charge in [-0.25, -0.2) is 9.97 Å². The first-order valence-electron chi connectivity index (χ1n) is 6.24. The van der Waals surface area contributed by atoms with E-state index in [1.165, 1.54) is 6.33 Å². The summed E-state index contributed by atoms with van der Waals surface area (Å²) < 4.78 is 4.91. The van der Waals surface area contributed by atoms with Crippen molar-refractivity contribution in [3.8, 4) is 0 Å². The number of nitrogens with one attached hydrogen (secondary N) is 2. The summed E-state index contributed by atoms with van der Waals surface area (Å²) in [4.78, 5) is 18.6. The van der Waals surface area contributed by atoms with Crippen molar-refractivity contribution in [2.75, 3.05) is 10.6 Å². The van der Waals surface area contributed by atoms with Crippen molar-refractivity contribution in [3.05, 3.63) is 28.3 Å². The molecule has 0 spiro atoms. The largest absolute Gasteiger partial charge is 0.360 e. The number of nitrogens with zero attached hydrogens (tertiary/aromatic N) is 4. The zero-order valence-corrected chi connectivity index (χ0v) is 12.2. The van der Waals surface area contributed by atoms with Crippen LogP contribution in [0.25, 0.3) is 0 Å². The summed E-state index contributed by atoms with van der Waals surface area (Å²) in [6.45, 7) is 7.37.